The van der Waals surface area contributed by atoms with Crippen LogP contribution in [0.3, 0.4) is 0 Å². The molecule has 0 spiro atoms. The molecule has 0 fully saturated rings. The minimum atomic E-state index is 0.285. The molecule has 92 valence electrons. The quantitative estimate of drug-likeness (QED) is 0.671. The molecule has 15 heavy (non-hydrogen) atoms. The summed E-state index contributed by atoms with van der Waals surface area (Å²) in [7, 11) is 1.77. The summed E-state index contributed by atoms with van der Waals surface area (Å²) in [5.41, 5.74) is 0.474. The number of rotatable bonds is 8. The Morgan fingerprint density at radius 3 is 1.87 bits per heavy atom. The third-order valence-corrected chi connectivity index (χ3v) is 4.12. The average molecular weight is 215 g/mol. The largest absolute Gasteiger partial charge is 0.380 e. The molecule has 0 aromatic rings. The minimum Gasteiger partial charge on any atom is -0.380 e. The molecule has 0 aliphatic rings. The van der Waals surface area contributed by atoms with Gasteiger partial charge in [-0.1, -0.05) is 20.8 Å². The van der Waals surface area contributed by atoms with E-state index in [1.807, 2.05) is 0 Å². The van der Waals surface area contributed by atoms with Crippen LogP contribution in [0.5, 0.6) is 0 Å². The summed E-state index contributed by atoms with van der Waals surface area (Å²) in [5, 5.41) is 3.60. The van der Waals surface area contributed by atoms with Crippen molar-refractivity contribution in [1.29, 1.82) is 0 Å². The molecule has 0 amide bonds. The zero-order valence-electron chi connectivity index (χ0n) is 11.4. The van der Waals surface area contributed by atoms with E-state index in [4.69, 9.17) is 4.74 Å². The zero-order valence-corrected chi connectivity index (χ0v) is 11.4. The lowest BCUT2D eigenvalue weighted by atomic mass is 9.79. The van der Waals surface area contributed by atoms with Gasteiger partial charge in [0.15, 0.2) is 0 Å². The van der Waals surface area contributed by atoms with Gasteiger partial charge in [0.1, 0.15) is 0 Å². The average Bonchev–Trinajstić information content (AvgIpc) is 2.30. The molecule has 0 rings (SSSR count). The summed E-state index contributed by atoms with van der Waals surface area (Å²) in [4.78, 5) is 0. The van der Waals surface area contributed by atoms with Crippen molar-refractivity contribution >= 4 is 0 Å². The van der Waals surface area contributed by atoms with Crippen LogP contribution in [0.1, 0.15) is 53.9 Å². The van der Waals surface area contributed by atoms with Gasteiger partial charge in [-0.15, -0.1) is 0 Å². The third kappa shape index (κ3) is 4.52. The number of hydrogen-bond acceptors (Lipinski definition) is 2. The fraction of sp³-hybridized carbons (Fsp3) is 1.00. The second kappa shape index (κ2) is 7.24. The van der Waals surface area contributed by atoms with E-state index in [0.717, 1.165) is 6.54 Å². The van der Waals surface area contributed by atoms with E-state index in [0.29, 0.717) is 11.5 Å². The van der Waals surface area contributed by atoms with Crippen LogP contribution in [0.4, 0.5) is 0 Å². The molecule has 0 aromatic carbocycles. The van der Waals surface area contributed by atoms with Crippen LogP contribution >= 0.6 is 0 Å². The van der Waals surface area contributed by atoms with Crippen LogP contribution in [0, 0.1) is 5.41 Å². The number of hydrogen-bond donors (Lipinski definition) is 1. The smallest absolute Gasteiger partial charge is 0.0693 e. The monoisotopic (exact) mass is 215 g/mol. The molecule has 0 aliphatic carbocycles. The van der Waals surface area contributed by atoms with Crippen molar-refractivity contribution < 1.29 is 4.74 Å². The van der Waals surface area contributed by atoms with Gasteiger partial charge in [-0.2, -0.15) is 0 Å². The van der Waals surface area contributed by atoms with E-state index < -0.39 is 0 Å². The van der Waals surface area contributed by atoms with Crippen LogP contribution in [-0.4, -0.2) is 25.8 Å². The highest BCUT2D eigenvalue weighted by atomic mass is 16.5. The normalized spacial score (nSPS) is 16.4. The Hall–Kier alpha value is -0.0800. The van der Waals surface area contributed by atoms with Gasteiger partial charge in [0.25, 0.3) is 0 Å². The van der Waals surface area contributed by atoms with E-state index in [2.05, 4.69) is 39.9 Å². The van der Waals surface area contributed by atoms with Crippen molar-refractivity contribution in [2.45, 2.75) is 66.0 Å². The summed E-state index contributed by atoms with van der Waals surface area (Å²) in [5.74, 6) is 0. The minimum absolute atomic E-state index is 0.285. The Bertz CT molecular complexity index is 146. The van der Waals surface area contributed by atoms with Crippen LogP contribution in [-0.2, 0) is 4.74 Å². The van der Waals surface area contributed by atoms with Crippen molar-refractivity contribution in [3.05, 3.63) is 0 Å². The fourth-order valence-corrected chi connectivity index (χ4v) is 1.87. The van der Waals surface area contributed by atoms with Crippen molar-refractivity contribution in [3.63, 3.8) is 0 Å². The Morgan fingerprint density at radius 1 is 1.07 bits per heavy atom. The van der Waals surface area contributed by atoms with Crippen LogP contribution in [0.2, 0.25) is 0 Å². The summed E-state index contributed by atoms with van der Waals surface area (Å²) in [6.07, 6.45) is 4.04. The summed E-state index contributed by atoms with van der Waals surface area (Å²) >= 11 is 0. The molecule has 0 saturated carbocycles. The van der Waals surface area contributed by atoms with E-state index in [1.165, 1.54) is 19.3 Å². The van der Waals surface area contributed by atoms with E-state index in [9.17, 15) is 0 Å². The second-order valence-corrected chi connectivity index (χ2v) is 4.67. The highest BCUT2D eigenvalue weighted by Crippen LogP contribution is 2.29. The number of nitrogens with one attached hydrogen (secondary N) is 1. The predicted molar refractivity (Wildman–Crippen MR) is 67.2 cm³/mol. The predicted octanol–water partition coefficient (Wildman–Crippen LogP) is 3.22. The molecular weight excluding hydrogens is 186 g/mol. The zero-order chi connectivity index (χ0) is 11.9. The van der Waals surface area contributed by atoms with Crippen molar-refractivity contribution in [2.75, 3.05) is 13.7 Å². The summed E-state index contributed by atoms with van der Waals surface area (Å²) in [6.45, 7) is 12.3. The molecule has 0 aromatic heterocycles. The maximum absolute atomic E-state index is 5.32. The van der Waals surface area contributed by atoms with Gasteiger partial charge in [0.05, 0.1) is 6.10 Å². The molecule has 2 atom stereocenters. The van der Waals surface area contributed by atoms with Gasteiger partial charge >= 0.3 is 0 Å². The maximum Gasteiger partial charge on any atom is 0.0693 e. The Morgan fingerprint density at radius 2 is 1.53 bits per heavy atom. The van der Waals surface area contributed by atoms with Gasteiger partial charge in [-0.3, -0.25) is 0 Å². The fourth-order valence-electron chi connectivity index (χ4n) is 1.87. The SMILES string of the molecule is CCC(CC)(CC)CNC(C)C(C)OC. The second-order valence-electron chi connectivity index (χ2n) is 4.67. The van der Waals surface area contributed by atoms with E-state index >= 15 is 0 Å². The lowest BCUT2D eigenvalue weighted by molar-refractivity contribution is 0.0816. The van der Waals surface area contributed by atoms with Crippen molar-refractivity contribution in [1.82, 2.24) is 5.32 Å². The molecule has 2 heteroatoms. The maximum atomic E-state index is 5.32. The lowest BCUT2D eigenvalue weighted by Crippen LogP contribution is -2.43. The Balaban J connectivity index is 4.10. The number of methoxy groups -OCH3 is 1. The molecule has 0 saturated heterocycles. The third-order valence-electron chi connectivity index (χ3n) is 4.12. The van der Waals surface area contributed by atoms with E-state index in [1.54, 1.807) is 7.11 Å². The first-order valence-electron chi connectivity index (χ1n) is 6.31. The van der Waals surface area contributed by atoms with Gasteiger partial charge in [-0.25, -0.2) is 0 Å². The molecule has 2 unspecified atom stereocenters. The molecule has 2 nitrogen and oxygen atoms in total. The first-order chi connectivity index (χ1) is 7.05. The van der Waals surface area contributed by atoms with Gasteiger partial charge in [0.2, 0.25) is 0 Å². The first-order valence-corrected chi connectivity index (χ1v) is 6.31. The topological polar surface area (TPSA) is 21.3 Å². The molecule has 0 radical (unpaired) electrons. The van der Waals surface area contributed by atoms with Crippen LogP contribution in [0.25, 0.3) is 0 Å². The number of ether oxygens (including phenoxy) is 1. The highest BCUT2D eigenvalue weighted by molar-refractivity contribution is 4.80. The van der Waals surface area contributed by atoms with Crippen LogP contribution < -0.4 is 5.32 Å². The Kier molecular flexibility index (Phi) is 7.20. The lowest BCUT2D eigenvalue weighted by Gasteiger charge is -2.33. The summed E-state index contributed by atoms with van der Waals surface area (Å²) in [6, 6.07) is 0.430. The van der Waals surface area contributed by atoms with Crippen LogP contribution in [0.15, 0.2) is 0 Å². The van der Waals surface area contributed by atoms with Gasteiger partial charge in [-0.05, 0) is 38.5 Å². The standard InChI is InChI=1S/C13H29NO/c1-7-13(8-2,9-3)10-14-11(4)12(5)15-6/h11-12,14H,7-10H2,1-6H3. The molecule has 0 heterocycles. The Labute approximate surface area is 95.8 Å². The van der Waals surface area contributed by atoms with Gasteiger partial charge in [0, 0.05) is 19.7 Å². The molecule has 1 N–H and O–H groups in total. The van der Waals surface area contributed by atoms with Crippen molar-refractivity contribution in [2.24, 2.45) is 5.41 Å². The van der Waals surface area contributed by atoms with Crippen molar-refractivity contribution in [3.8, 4) is 0 Å². The highest BCUT2D eigenvalue weighted by Gasteiger charge is 2.24. The molecule has 0 bridgehead atoms. The van der Waals surface area contributed by atoms with E-state index in [-0.39, 0.29) is 6.10 Å². The first kappa shape index (κ1) is 14.9. The molecule has 0 aliphatic heterocycles. The molecular formula is C13H29NO. The van der Waals surface area contributed by atoms with Gasteiger partial charge < -0.3 is 10.1 Å². The summed E-state index contributed by atoms with van der Waals surface area (Å²) < 4.78 is 5.32.